The highest BCUT2D eigenvalue weighted by atomic mass is 16.1. The summed E-state index contributed by atoms with van der Waals surface area (Å²) >= 11 is 0. The van der Waals surface area contributed by atoms with Crippen LogP contribution in [0.1, 0.15) is 29.3 Å². The fraction of sp³-hybridized carbons (Fsp3) is 0.182. The summed E-state index contributed by atoms with van der Waals surface area (Å²) in [6, 6.07) is 19.6. The molecular formula is C22H23N3O. The average Bonchev–Trinajstić information content (AvgIpc) is 3.05. The molecule has 0 aliphatic carbocycles. The Hall–Kier alpha value is -3.14. The van der Waals surface area contributed by atoms with Crippen LogP contribution in [0, 0.1) is 6.92 Å². The number of nitrogens with one attached hydrogen (secondary N) is 1. The summed E-state index contributed by atoms with van der Waals surface area (Å²) in [6.07, 6.45) is 3.75. The van der Waals surface area contributed by atoms with Crippen LogP contribution in [-0.4, -0.2) is 15.7 Å². The number of carbonyl (C=O) groups excluding carboxylic acids is 1. The van der Waals surface area contributed by atoms with E-state index in [1.54, 1.807) is 0 Å². The quantitative estimate of drug-likeness (QED) is 0.541. The van der Waals surface area contributed by atoms with Crippen molar-refractivity contribution in [3.05, 3.63) is 89.2 Å². The Morgan fingerprint density at radius 2 is 1.73 bits per heavy atom. The lowest BCUT2D eigenvalue weighted by molar-refractivity contribution is -0.115. The third-order valence-electron chi connectivity index (χ3n) is 4.38. The van der Waals surface area contributed by atoms with Gasteiger partial charge in [-0.3, -0.25) is 9.48 Å². The third kappa shape index (κ3) is 4.09. The highest BCUT2D eigenvalue weighted by Crippen LogP contribution is 2.19. The fourth-order valence-electron chi connectivity index (χ4n) is 2.86. The topological polar surface area (TPSA) is 46.9 Å². The monoisotopic (exact) mass is 345 g/mol. The van der Waals surface area contributed by atoms with E-state index >= 15 is 0 Å². The van der Waals surface area contributed by atoms with Gasteiger partial charge < -0.3 is 5.32 Å². The van der Waals surface area contributed by atoms with Crippen LogP contribution in [0.3, 0.4) is 0 Å². The Balaban J connectivity index is 1.83. The summed E-state index contributed by atoms with van der Waals surface area (Å²) in [5, 5.41) is 7.37. The standard InChI is InChI=1S/C22H23N3O/c1-3-25-17(2)20(16-24-25)15-23-22(26)21(19-12-8-5-9-13-19)14-18-10-6-4-7-11-18/h4-14,16H,3,15H2,1-2H3,(H,23,26). The van der Waals surface area contributed by atoms with Gasteiger partial charge in [0.05, 0.1) is 6.20 Å². The number of nitrogens with zero attached hydrogens (tertiary/aromatic N) is 2. The van der Waals surface area contributed by atoms with Crippen LogP contribution in [0.15, 0.2) is 66.9 Å². The van der Waals surface area contributed by atoms with Crippen molar-refractivity contribution >= 4 is 17.6 Å². The molecule has 1 amide bonds. The highest BCUT2D eigenvalue weighted by Gasteiger charge is 2.13. The first-order valence-corrected chi connectivity index (χ1v) is 8.80. The van der Waals surface area contributed by atoms with Gasteiger partial charge >= 0.3 is 0 Å². The zero-order valence-electron chi connectivity index (χ0n) is 15.1. The van der Waals surface area contributed by atoms with Crippen LogP contribution < -0.4 is 5.32 Å². The molecule has 3 aromatic rings. The summed E-state index contributed by atoms with van der Waals surface area (Å²) in [4.78, 5) is 12.9. The molecule has 3 rings (SSSR count). The van der Waals surface area contributed by atoms with E-state index < -0.39 is 0 Å². The molecule has 26 heavy (non-hydrogen) atoms. The maximum atomic E-state index is 12.9. The van der Waals surface area contributed by atoms with Crippen LogP contribution in [0.25, 0.3) is 11.6 Å². The van der Waals surface area contributed by atoms with Gasteiger partial charge in [-0.25, -0.2) is 0 Å². The van der Waals surface area contributed by atoms with Gasteiger partial charge in [0.1, 0.15) is 0 Å². The summed E-state index contributed by atoms with van der Waals surface area (Å²) in [6.45, 7) is 5.36. The first kappa shape index (κ1) is 17.7. The zero-order chi connectivity index (χ0) is 18.4. The summed E-state index contributed by atoms with van der Waals surface area (Å²) in [7, 11) is 0. The lowest BCUT2D eigenvalue weighted by Gasteiger charge is -2.10. The van der Waals surface area contributed by atoms with Crippen molar-refractivity contribution in [2.24, 2.45) is 0 Å². The number of amides is 1. The Morgan fingerprint density at radius 1 is 1.08 bits per heavy atom. The first-order valence-electron chi connectivity index (χ1n) is 8.80. The molecule has 4 nitrogen and oxygen atoms in total. The van der Waals surface area contributed by atoms with Gasteiger partial charge in [0.2, 0.25) is 0 Å². The first-order chi connectivity index (χ1) is 12.7. The number of hydrogen-bond donors (Lipinski definition) is 1. The van der Waals surface area contributed by atoms with E-state index in [0.29, 0.717) is 12.1 Å². The number of carbonyl (C=O) groups is 1. The smallest absolute Gasteiger partial charge is 0.252 e. The lowest BCUT2D eigenvalue weighted by Crippen LogP contribution is -2.24. The minimum absolute atomic E-state index is 0.0938. The fourth-order valence-corrected chi connectivity index (χ4v) is 2.86. The molecule has 4 heteroatoms. The number of benzene rings is 2. The van der Waals surface area contributed by atoms with Crippen molar-refractivity contribution in [3.63, 3.8) is 0 Å². The summed E-state index contributed by atoms with van der Waals surface area (Å²) in [5.41, 5.74) is 4.66. The average molecular weight is 345 g/mol. The van der Waals surface area contributed by atoms with Gasteiger partial charge in [-0.15, -0.1) is 0 Å². The molecule has 0 unspecified atom stereocenters. The minimum atomic E-state index is -0.0938. The molecule has 1 aromatic heterocycles. The van der Waals surface area contributed by atoms with Crippen molar-refractivity contribution < 1.29 is 4.79 Å². The normalized spacial score (nSPS) is 11.4. The second-order valence-corrected chi connectivity index (χ2v) is 6.09. The Labute approximate surface area is 154 Å². The molecular weight excluding hydrogens is 322 g/mol. The van der Waals surface area contributed by atoms with E-state index in [4.69, 9.17) is 0 Å². The van der Waals surface area contributed by atoms with Crippen LogP contribution in [0.4, 0.5) is 0 Å². The number of aryl methyl sites for hydroxylation is 1. The molecule has 0 aliphatic rings. The maximum Gasteiger partial charge on any atom is 0.252 e. The molecule has 0 fully saturated rings. The van der Waals surface area contributed by atoms with Crippen molar-refractivity contribution in [2.45, 2.75) is 26.9 Å². The molecule has 0 saturated carbocycles. The van der Waals surface area contributed by atoms with Crippen LogP contribution in [0.5, 0.6) is 0 Å². The zero-order valence-corrected chi connectivity index (χ0v) is 15.1. The van der Waals surface area contributed by atoms with Crippen molar-refractivity contribution in [1.82, 2.24) is 15.1 Å². The summed E-state index contributed by atoms with van der Waals surface area (Å²) in [5.74, 6) is -0.0938. The Kier molecular flexibility index (Phi) is 5.64. The number of rotatable bonds is 6. The van der Waals surface area contributed by atoms with E-state index in [-0.39, 0.29) is 5.91 Å². The molecule has 0 bridgehead atoms. The second kappa shape index (κ2) is 8.30. The van der Waals surface area contributed by atoms with E-state index in [2.05, 4.69) is 17.3 Å². The van der Waals surface area contributed by atoms with E-state index in [9.17, 15) is 4.79 Å². The van der Waals surface area contributed by atoms with Gasteiger partial charge in [0.15, 0.2) is 0 Å². The van der Waals surface area contributed by atoms with Crippen molar-refractivity contribution in [2.75, 3.05) is 0 Å². The van der Waals surface area contributed by atoms with Crippen LogP contribution in [-0.2, 0) is 17.9 Å². The Morgan fingerprint density at radius 3 is 2.35 bits per heavy atom. The van der Waals surface area contributed by atoms with Crippen molar-refractivity contribution in [3.8, 4) is 0 Å². The SMILES string of the molecule is CCn1ncc(CNC(=O)C(=Cc2ccccc2)c2ccccc2)c1C. The molecule has 0 atom stereocenters. The maximum absolute atomic E-state index is 12.9. The van der Waals surface area contributed by atoms with Gasteiger partial charge in [-0.05, 0) is 31.1 Å². The van der Waals surface area contributed by atoms with E-state index in [1.165, 1.54) is 0 Å². The largest absolute Gasteiger partial charge is 0.348 e. The number of aromatic nitrogens is 2. The van der Waals surface area contributed by atoms with Gasteiger partial charge in [0, 0.05) is 29.9 Å². The predicted molar refractivity (Wildman–Crippen MR) is 105 cm³/mol. The second-order valence-electron chi connectivity index (χ2n) is 6.09. The molecule has 2 aromatic carbocycles. The molecule has 132 valence electrons. The molecule has 1 heterocycles. The molecule has 0 radical (unpaired) electrons. The highest BCUT2D eigenvalue weighted by molar-refractivity contribution is 6.24. The van der Waals surface area contributed by atoms with Gasteiger partial charge in [0.25, 0.3) is 5.91 Å². The summed E-state index contributed by atoms with van der Waals surface area (Å²) < 4.78 is 1.93. The van der Waals surface area contributed by atoms with Gasteiger partial charge in [-0.2, -0.15) is 5.10 Å². The molecule has 1 N–H and O–H groups in total. The van der Waals surface area contributed by atoms with Crippen molar-refractivity contribution in [1.29, 1.82) is 0 Å². The van der Waals surface area contributed by atoms with Crippen LogP contribution >= 0.6 is 0 Å². The minimum Gasteiger partial charge on any atom is -0.348 e. The Bertz CT molecular complexity index is 896. The van der Waals surface area contributed by atoms with E-state index in [1.807, 2.05) is 84.5 Å². The molecule has 0 aliphatic heterocycles. The lowest BCUT2D eigenvalue weighted by atomic mass is 10.0. The van der Waals surface area contributed by atoms with Gasteiger partial charge in [-0.1, -0.05) is 60.7 Å². The predicted octanol–water partition coefficient (Wildman–Crippen LogP) is 4.07. The van der Waals surface area contributed by atoms with E-state index in [0.717, 1.165) is 28.9 Å². The molecule has 0 spiro atoms. The number of hydrogen-bond acceptors (Lipinski definition) is 2. The third-order valence-corrected chi connectivity index (χ3v) is 4.38. The molecule has 0 saturated heterocycles. The van der Waals surface area contributed by atoms with Crippen LogP contribution in [0.2, 0.25) is 0 Å².